The second-order valence-corrected chi connectivity index (χ2v) is 7.28. The normalized spacial score (nSPS) is 11.2. The molecule has 6 nitrogen and oxygen atoms in total. The second-order valence-electron chi connectivity index (χ2n) is 5.52. The summed E-state index contributed by atoms with van der Waals surface area (Å²) in [5.41, 5.74) is 1.77. The lowest BCUT2D eigenvalue weighted by Crippen LogP contribution is -2.37. The summed E-state index contributed by atoms with van der Waals surface area (Å²) in [6.45, 7) is 4.14. The molecule has 1 N–H and O–H groups in total. The molecule has 2 rings (SSSR count). The molecule has 0 atom stereocenters. The first-order chi connectivity index (χ1) is 11.4. The molecule has 0 aliphatic heterocycles. The molecular formula is C17H21N3O3S. The average Bonchev–Trinajstić information content (AvgIpc) is 2.54. The maximum Gasteiger partial charge on any atom is 0.240 e. The van der Waals surface area contributed by atoms with E-state index in [0.29, 0.717) is 6.54 Å². The van der Waals surface area contributed by atoms with E-state index in [1.54, 1.807) is 41.6 Å². The van der Waals surface area contributed by atoms with Crippen molar-refractivity contribution in [2.24, 2.45) is 0 Å². The molecule has 0 unspecified atom stereocenters. The van der Waals surface area contributed by atoms with Crippen LogP contribution >= 0.6 is 0 Å². The molecule has 24 heavy (non-hydrogen) atoms. The Morgan fingerprint density at radius 2 is 2.04 bits per heavy atom. The van der Waals surface area contributed by atoms with Gasteiger partial charge in [0.25, 0.3) is 0 Å². The number of carbonyl (C=O) groups excluding carboxylic acids is 1. The van der Waals surface area contributed by atoms with Crippen molar-refractivity contribution in [3.8, 4) is 0 Å². The largest absolute Gasteiger partial charge is 0.337 e. The monoisotopic (exact) mass is 347 g/mol. The highest BCUT2D eigenvalue weighted by atomic mass is 32.2. The zero-order valence-corrected chi connectivity index (χ0v) is 14.6. The highest BCUT2D eigenvalue weighted by molar-refractivity contribution is 7.89. The number of nitrogens with zero attached hydrogens (tertiary/aromatic N) is 2. The van der Waals surface area contributed by atoms with E-state index in [-0.39, 0.29) is 23.9 Å². The third-order valence-electron chi connectivity index (χ3n) is 3.52. The van der Waals surface area contributed by atoms with Crippen molar-refractivity contribution >= 4 is 15.9 Å². The van der Waals surface area contributed by atoms with Crippen LogP contribution in [0.2, 0.25) is 0 Å². The van der Waals surface area contributed by atoms with Crippen molar-refractivity contribution in [3.05, 3.63) is 59.9 Å². The number of aryl methyl sites for hydroxylation is 1. The lowest BCUT2D eigenvalue weighted by molar-refractivity contribution is -0.129. The lowest BCUT2D eigenvalue weighted by atomic mass is 10.2. The third-order valence-corrected chi connectivity index (χ3v) is 4.97. The van der Waals surface area contributed by atoms with Gasteiger partial charge in [-0.15, -0.1) is 0 Å². The minimum Gasteiger partial charge on any atom is -0.337 e. The predicted octanol–water partition coefficient (Wildman–Crippen LogP) is 1.72. The number of pyridine rings is 1. The molecule has 2 aromatic rings. The van der Waals surface area contributed by atoms with Crippen LogP contribution in [0.3, 0.4) is 0 Å². The lowest BCUT2D eigenvalue weighted by Gasteiger charge is -2.21. The van der Waals surface area contributed by atoms with Crippen LogP contribution in [0.5, 0.6) is 0 Å². The molecule has 0 aliphatic carbocycles. The average molecular weight is 347 g/mol. The Labute approximate surface area is 142 Å². The Balaban J connectivity index is 1.96. The summed E-state index contributed by atoms with van der Waals surface area (Å²) in [5.74, 6) is -0.117. The fraction of sp³-hybridized carbons (Fsp3) is 0.294. The summed E-state index contributed by atoms with van der Waals surface area (Å²) in [6, 6.07) is 10.4. The van der Waals surface area contributed by atoms with E-state index >= 15 is 0 Å². The van der Waals surface area contributed by atoms with Crippen molar-refractivity contribution < 1.29 is 13.2 Å². The second kappa shape index (κ2) is 8.03. The van der Waals surface area contributed by atoms with E-state index in [4.69, 9.17) is 0 Å². The van der Waals surface area contributed by atoms with Gasteiger partial charge in [0.1, 0.15) is 0 Å². The molecule has 1 amide bonds. The Hall–Kier alpha value is -2.25. The molecule has 128 valence electrons. The number of carbonyl (C=O) groups is 1. The van der Waals surface area contributed by atoms with Gasteiger partial charge in [-0.05, 0) is 36.2 Å². The molecule has 1 heterocycles. The van der Waals surface area contributed by atoms with Crippen LogP contribution in [0, 0.1) is 6.92 Å². The van der Waals surface area contributed by atoms with Gasteiger partial charge in [-0.1, -0.05) is 18.2 Å². The van der Waals surface area contributed by atoms with Gasteiger partial charge in [0.15, 0.2) is 0 Å². The van der Waals surface area contributed by atoms with E-state index in [1.165, 1.54) is 6.92 Å². The van der Waals surface area contributed by atoms with Gasteiger partial charge in [-0.2, -0.15) is 0 Å². The van der Waals surface area contributed by atoms with Gasteiger partial charge in [0.2, 0.25) is 15.9 Å². The van der Waals surface area contributed by atoms with Crippen molar-refractivity contribution in [2.75, 3.05) is 13.1 Å². The third kappa shape index (κ3) is 5.14. The topological polar surface area (TPSA) is 79.4 Å². The summed E-state index contributed by atoms with van der Waals surface area (Å²) >= 11 is 0. The van der Waals surface area contributed by atoms with E-state index in [9.17, 15) is 13.2 Å². The molecular weight excluding hydrogens is 326 g/mol. The number of nitrogens with one attached hydrogen (secondary N) is 1. The number of amides is 1. The van der Waals surface area contributed by atoms with E-state index in [2.05, 4.69) is 9.71 Å². The molecule has 0 fully saturated rings. The van der Waals surface area contributed by atoms with Gasteiger partial charge in [-0.25, -0.2) is 13.1 Å². The summed E-state index contributed by atoms with van der Waals surface area (Å²) in [4.78, 5) is 17.6. The van der Waals surface area contributed by atoms with Crippen LogP contribution in [0.25, 0.3) is 0 Å². The fourth-order valence-electron chi connectivity index (χ4n) is 2.24. The zero-order valence-electron chi connectivity index (χ0n) is 13.8. The van der Waals surface area contributed by atoms with Crippen molar-refractivity contribution in [2.45, 2.75) is 25.3 Å². The highest BCUT2D eigenvalue weighted by Crippen LogP contribution is 2.10. The first kappa shape index (κ1) is 18.1. The molecule has 0 bridgehead atoms. The summed E-state index contributed by atoms with van der Waals surface area (Å²) < 4.78 is 27.1. The van der Waals surface area contributed by atoms with Crippen molar-refractivity contribution in [1.29, 1.82) is 0 Å². The van der Waals surface area contributed by atoms with Crippen LogP contribution in [-0.4, -0.2) is 37.3 Å². The Morgan fingerprint density at radius 1 is 1.25 bits per heavy atom. The number of hydrogen-bond acceptors (Lipinski definition) is 4. The van der Waals surface area contributed by atoms with Crippen LogP contribution < -0.4 is 4.72 Å². The minimum atomic E-state index is -3.58. The van der Waals surface area contributed by atoms with Gasteiger partial charge < -0.3 is 4.90 Å². The SMILES string of the molecule is CC(=O)N(CCNS(=O)(=O)c1cccc(C)c1)Cc1cccnc1. The maximum atomic E-state index is 12.3. The summed E-state index contributed by atoms with van der Waals surface area (Å²) in [6.07, 6.45) is 3.35. The van der Waals surface area contributed by atoms with Crippen molar-refractivity contribution in [3.63, 3.8) is 0 Å². The van der Waals surface area contributed by atoms with Gasteiger partial charge in [-0.3, -0.25) is 9.78 Å². The van der Waals surface area contributed by atoms with E-state index in [1.807, 2.05) is 19.1 Å². The van der Waals surface area contributed by atoms with Gasteiger partial charge >= 0.3 is 0 Å². The quantitative estimate of drug-likeness (QED) is 0.827. The van der Waals surface area contributed by atoms with Crippen LogP contribution in [0.4, 0.5) is 0 Å². The Bertz CT molecular complexity index is 792. The molecule has 1 aromatic carbocycles. The van der Waals surface area contributed by atoms with Crippen LogP contribution in [0.15, 0.2) is 53.7 Å². The molecule has 0 saturated heterocycles. The number of benzene rings is 1. The van der Waals surface area contributed by atoms with Crippen molar-refractivity contribution in [1.82, 2.24) is 14.6 Å². The van der Waals surface area contributed by atoms with Crippen LogP contribution in [0.1, 0.15) is 18.1 Å². The predicted molar refractivity (Wildman–Crippen MR) is 91.7 cm³/mol. The highest BCUT2D eigenvalue weighted by Gasteiger charge is 2.15. The molecule has 0 spiro atoms. The number of sulfonamides is 1. The number of aromatic nitrogens is 1. The number of rotatable bonds is 7. The smallest absolute Gasteiger partial charge is 0.240 e. The van der Waals surface area contributed by atoms with Gasteiger partial charge in [0, 0.05) is 39.0 Å². The fourth-order valence-corrected chi connectivity index (χ4v) is 3.37. The Kier molecular flexibility index (Phi) is 6.05. The van der Waals surface area contributed by atoms with Gasteiger partial charge in [0.05, 0.1) is 4.90 Å². The number of hydrogen-bond donors (Lipinski definition) is 1. The molecule has 0 saturated carbocycles. The summed E-state index contributed by atoms with van der Waals surface area (Å²) in [5, 5.41) is 0. The molecule has 7 heteroatoms. The first-order valence-electron chi connectivity index (χ1n) is 7.59. The Morgan fingerprint density at radius 3 is 2.67 bits per heavy atom. The summed E-state index contributed by atoms with van der Waals surface area (Å²) in [7, 11) is -3.58. The first-order valence-corrected chi connectivity index (χ1v) is 9.07. The minimum absolute atomic E-state index is 0.117. The van der Waals surface area contributed by atoms with E-state index in [0.717, 1.165) is 11.1 Å². The zero-order chi connectivity index (χ0) is 17.6. The molecule has 0 aliphatic rings. The van der Waals surface area contributed by atoms with Crippen LogP contribution in [-0.2, 0) is 21.4 Å². The maximum absolute atomic E-state index is 12.3. The standard InChI is InChI=1S/C17H21N3O3S/c1-14-5-3-7-17(11-14)24(22,23)19-9-10-20(15(2)21)13-16-6-4-8-18-12-16/h3-8,11-12,19H,9-10,13H2,1-2H3. The van der Waals surface area contributed by atoms with E-state index < -0.39 is 10.0 Å². The molecule has 0 radical (unpaired) electrons. The molecule has 1 aromatic heterocycles.